The van der Waals surface area contributed by atoms with Crippen molar-refractivity contribution in [1.29, 1.82) is 0 Å². The summed E-state index contributed by atoms with van der Waals surface area (Å²) in [6.45, 7) is 6.42. The number of hydrogen-bond acceptors (Lipinski definition) is 4. The van der Waals surface area contributed by atoms with Crippen LogP contribution in [0.4, 0.5) is 4.39 Å². The van der Waals surface area contributed by atoms with Gasteiger partial charge in [0.15, 0.2) is 5.78 Å². The Bertz CT molecular complexity index is 1140. The Kier molecular flexibility index (Phi) is 5.24. The number of aromatic nitrogens is 3. The van der Waals surface area contributed by atoms with Gasteiger partial charge in [-0.15, -0.1) is 5.10 Å². The summed E-state index contributed by atoms with van der Waals surface area (Å²) in [5.41, 5.74) is 5.64. The number of carbonyl (C=O) groups is 1. The molecule has 1 heterocycles. The summed E-state index contributed by atoms with van der Waals surface area (Å²) < 4.78 is 15.1. The number of aliphatic hydroxyl groups is 1. The van der Waals surface area contributed by atoms with E-state index in [4.69, 9.17) is 0 Å². The predicted octanol–water partition coefficient (Wildman–Crippen LogP) is 4.96. The van der Waals surface area contributed by atoms with Crippen LogP contribution in [0, 0.1) is 32.5 Å². The average molecular weight is 405 g/mol. The van der Waals surface area contributed by atoms with E-state index in [9.17, 15) is 14.3 Å². The maximum Gasteiger partial charge on any atom is 0.167 e. The molecule has 1 aromatic heterocycles. The Morgan fingerprint density at radius 3 is 2.53 bits per heavy atom. The summed E-state index contributed by atoms with van der Waals surface area (Å²) in [5.74, 6) is -0.320. The van der Waals surface area contributed by atoms with Crippen LogP contribution < -0.4 is 0 Å². The molecule has 1 atom stereocenters. The molecular weight excluding hydrogens is 381 g/mol. The molecule has 1 aliphatic rings. The third-order valence-electron chi connectivity index (χ3n) is 5.55. The standard InChI is InChI=1S/C24H24FN3O2/c1-14-7-15(2)23(16(3)8-14)24-21(29)9-17(10-22(24)30)12-28-13-20(26-27-28)18-5-4-6-19(25)11-18/h4-8,11,13,17,29H,9-10,12H2,1-3H3. The zero-order valence-corrected chi connectivity index (χ0v) is 17.3. The molecule has 0 radical (unpaired) electrons. The molecule has 5 nitrogen and oxygen atoms in total. The maximum atomic E-state index is 13.4. The van der Waals surface area contributed by atoms with Gasteiger partial charge in [0.2, 0.25) is 0 Å². The van der Waals surface area contributed by atoms with Crippen molar-refractivity contribution in [3.63, 3.8) is 0 Å². The van der Waals surface area contributed by atoms with Gasteiger partial charge in [0, 0.05) is 24.9 Å². The van der Waals surface area contributed by atoms with Crippen LogP contribution in [0.15, 0.2) is 48.4 Å². The highest BCUT2D eigenvalue weighted by atomic mass is 19.1. The largest absolute Gasteiger partial charge is 0.512 e. The van der Waals surface area contributed by atoms with E-state index in [2.05, 4.69) is 10.3 Å². The number of carbonyl (C=O) groups excluding carboxylic acids is 1. The third kappa shape index (κ3) is 3.90. The molecule has 6 heteroatoms. The zero-order chi connectivity index (χ0) is 21.4. The van der Waals surface area contributed by atoms with Crippen molar-refractivity contribution >= 4 is 11.4 Å². The van der Waals surface area contributed by atoms with E-state index in [0.717, 1.165) is 22.3 Å². The lowest BCUT2D eigenvalue weighted by Crippen LogP contribution is -2.23. The Balaban J connectivity index is 1.55. The summed E-state index contributed by atoms with van der Waals surface area (Å²) in [7, 11) is 0. The smallest absolute Gasteiger partial charge is 0.167 e. The van der Waals surface area contributed by atoms with E-state index >= 15 is 0 Å². The first kappa shape index (κ1) is 20.0. The van der Waals surface area contributed by atoms with Crippen molar-refractivity contribution in [3.05, 3.63) is 76.4 Å². The van der Waals surface area contributed by atoms with Crippen molar-refractivity contribution < 1.29 is 14.3 Å². The summed E-state index contributed by atoms with van der Waals surface area (Å²) in [6, 6.07) is 10.3. The molecule has 3 aromatic rings. The highest BCUT2D eigenvalue weighted by Gasteiger charge is 2.30. The first-order valence-electron chi connectivity index (χ1n) is 10.0. The van der Waals surface area contributed by atoms with Crippen LogP contribution in [0.2, 0.25) is 0 Å². The van der Waals surface area contributed by atoms with Crippen LogP contribution in [-0.4, -0.2) is 25.9 Å². The number of rotatable bonds is 4. The number of halogens is 1. The van der Waals surface area contributed by atoms with E-state index < -0.39 is 0 Å². The van der Waals surface area contributed by atoms with Crippen LogP contribution in [0.25, 0.3) is 16.8 Å². The Hall–Kier alpha value is -3.28. The van der Waals surface area contributed by atoms with Crippen molar-refractivity contribution in [2.24, 2.45) is 5.92 Å². The first-order chi connectivity index (χ1) is 14.3. The molecule has 0 saturated carbocycles. The lowest BCUT2D eigenvalue weighted by atomic mass is 9.81. The first-order valence-corrected chi connectivity index (χ1v) is 10.0. The van der Waals surface area contributed by atoms with Crippen LogP contribution in [-0.2, 0) is 11.3 Å². The monoisotopic (exact) mass is 405 g/mol. The fourth-order valence-corrected chi connectivity index (χ4v) is 4.39. The topological polar surface area (TPSA) is 68.0 Å². The number of aliphatic hydroxyl groups excluding tert-OH is 1. The molecule has 0 aliphatic heterocycles. The Morgan fingerprint density at radius 1 is 1.13 bits per heavy atom. The van der Waals surface area contributed by atoms with E-state index in [1.807, 2.05) is 32.9 Å². The predicted molar refractivity (Wildman–Crippen MR) is 113 cm³/mol. The van der Waals surface area contributed by atoms with Gasteiger partial charge in [-0.25, -0.2) is 4.39 Å². The Morgan fingerprint density at radius 2 is 1.87 bits per heavy atom. The highest BCUT2D eigenvalue weighted by molar-refractivity contribution is 6.22. The molecule has 1 unspecified atom stereocenters. The number of hydrogen-bond donors (Lipinski definition) is 1. The fourth-order valence-electron chi connectivity index (χ4n) is 4.39. The van der Waals surface area contributed by atoms with E-state index in [-0.39, 0.29) is 23.3 Å². The maximum absolute atomic E-state index is 13.4. The van der Waals surface area contributed by atoms with Crippen LogP contribution in [0.1, 0.15) is 35.1 Å². The van der Waals surface area contributed by atoms with Gasteiger partial charge in [-0.2, -0.15) is 0 Å². The summed E-state index contributed by atoms with van der Waals surface area (Å²) >= 11 is 0. The lowest BCUT2D eigenvalue weighted by molar-refractivity contribution is -0.115. The van der Waals surface area contributed by atoms with Gasteiger partial charge in [-0.05, 0) is 55.5 Å². The molecule has 4 rings (SSSR count). The van der Waals surface area contributed by atoms with Gasteiger partial charge >= 0.3 is 0 Å². The van der Waals surface area contributed by atoms with Crippen LogP contribution >= 0.6 is 0 Å². The quantitative estimate of drug-likeness (QED) is 0.666. The molecule has 2 aromatic carbocycles. The van der Waals surface area contributed by atoms with Crippen molar-refractivity contribution in [1.82, 2.24) is 15.0 Å². The SMILES string of the molecule is Cc1cc(C)c(C2=C(O)CC(Cn3cc(-c4cccc(F)c4)nn3)CC2=O)c(C)c1. The molecule has 0 amide bonds. The van der Waals surface area contributed by atoms with Crippen LogP contribution in [0.5, 0.6) is 0 Å². The van der Waals surface area contributed by atoms with Crippen molar-refractivity contribution in [2.45, 2.75) is 40.2 Å². The number of aryl methyl sites for hydroxylation is 3. The van der Waals surface area contributed by atoms with Gasteiger partial charge in [-0.3, -0.25) is 9.48 Å². The highest BCUT2D eigenvalue weighted by Crippen LogP contribution is 2.36. The number of allylic oxidation sites excluding steroid dienone is 2. The molecule has 0 spiro atoms. The molecule has 0 fully saturated rings. The number of nitrogens with zero attached hydrogens (tertiary/aromatic N) is 3. The fraction of sp³-hybridized carbons (Fsp3) is 0.292. The Labute approximate surface area is 174 Å². The minimum Gasteiger partial charge on any atom is -0.512 e. The second-order valence-corrected chi connectivity index (χ2v) is 8.13. The van der Waals surface area contributed by atoms with Crippen molar-refractivity contribution in [3.8, 4) is 11.3 Å². The molecule has 1 N–H and O–H groups in total. The third-order valence-corrected chi connectivity index (χ3v) is 5.55. The zero-order valence-electron chi connectivity index (χ0n) is 17.3. The molecule has 1 aliphatic carbocycles. The molecular formula is C24H24FN3O2. The second-order valence-electron chi connectivity index (χ2n) is 8.13. The molecule has 154 valence electrons. The average Bonchev–Trinajstić information content (AvgIpc) is 3.11. The molecule has 0 saturated heterocycles. The van der Waals surface area contributed by atoms with Crippen LogP contribution in [0.3, 0.4) is 0 Å². The van der Waals surface area contributed by atoms with E-state index in [1.165, 1.54) is 12.1 Å². The van der Waals surface area contributed by atoms with Crippen molar-refractivity contribution in [2.75, 3.05) is 0 Å². The summed E-state index contributed by atoms with van der Waals surface area (Å²) in [5, 5.41) is 19.0. The van der Waals surface area contributed by atoms with Gasteiger partial charge in [-0.1, -0.05) is 35.0 Å². The van der Waals surface area contributed by atoms with E-state index in [1.54, 1.807) is 23.0 Å². The van der Waals surface area contributed by atoms with Gasteiger partial charge < -0.3 is 5.11 Å². The van der Waals surface area contributed by atoms with Gasteiger partial charge in [0.25, 0.3) is 0 Å². The van der Waals surface area contributed by atoms with Gasteiger partial charge in [0.05, 0.1) is 11.8 Å². The summed E-state index contributed by atoms with van der Waals surface area (Å²) in [6.07, 6.45) is 2.48. The minimum atomic E-state index is -0.329. The second kappa shape index (κ2) is 7.86. The number of benzene rings is 2. The number of ketones is 1. The van der Waals surface area contributed by atoms with E-state index in [0.29, 0.717) is 36.2 Å². The lowest BCUT2D eigenvalue weighted by Gasteiger charge is -2.25. The minimum absolute atomic E-state index is 0.0516. The van der Waals surface area contributed by atoms with Gasteiger partial charge in [0.1, 0.15) is 17.3 Å². The summed E-state index contributed by atoms with van der Waals surface area (Å²) in [4.78, 5) is 13.0. The number of Topliss-reactive ketones (excluding diaryl/α,β-unsaturated/α-hetero) is 1. The molecule has 30 heavy (non-hydrogen) atoms. The normalized spacial score (nSPS) is 16.9. The molecule has 0 bridgehead atoms.